The summed E-state index contributed by atoms with van der Waals surface area (Å²) in [6.45, 7) is 0.428. The van der Waals surface area contributed by atoms with Crippen molar-refractivity contribution in [2.75, 3.05) is 18.6 Å². The maximum absolute atomic E-state index is 11.4. The van der Waals surface area contributed by atoms with Gasteiger partial charge in [0.2, 0.25) is 5.91 Å². The minimum atomic E-state index is -0.126. The Morgan fingerprint density at radius 1 is 1.59 bits per heavy atom. The molecule has 92 valence electrons. The topological polar surface area (TPSA) is 49.3 Å². The molecule has 0 radical (unpaired) electrons. The van der Waals surface area contributed by atoms with E-state index < -0.39 is 0 Å². The van der Waals surface area contributed by atoms with Crippen molar-refractivity contribution in [3.05, 3.63) is 21.9 Å². The standard InChI is InChI=1S/C12H15NO2S2/c1-16-8-6-12(15)13-9-11-5-4-10(17-11)3-2-7-14/h4-5,14H,6-9H2,1H3,(H,13,15). The molecule has 0 atom stereocenters. The van der Waals surface area contributed by atoms with Crippen molar-refractivity contribution in [3.63, 3.8) is 0 Å². The first-order valence-electron chi connectivity index (χ1n) is 5.20. The predicted octanol–water partition coefficient (Wildman–Crippen LogP) is 1.46. The second kappa shape index (κ2) is 8.18. The fraction of sp³-hybridized carbons (Fsp3) is 0.417. The highest BCUT2D eigenvalue weighted by Crippen LogP contribution is 2.15. The van der Waals surface area contributed by atoms with E-state index in [1.54, 1.807) is 11.8 Å². The van der Waals surface area contributed by atoms with Crippen molar-refractivity contribution >= 4 is 29.0 Å². The molecule has 1 amide bonds. The molecular weight excluding hydrogens is 254 g/mol. The molecule has 0 spiro atoms. The van der Waals surface area contributed by atoms with E-state index in [4.69, 9.17) is 5.11 Å². The minimum Gasteiger partial charge on any atom is -0.384 e. The van der Waals surface area contributed by atoms with Gasteiger partial charge in [0.25, 0.3) is 0 Å². The molecule has 0 aromatic carbocycles. The number of hydrogen-bond acceptors (Lipinski definition) is 4. The molecule has 3 nitrogen and oxygen atoms in total. The molecule has 17 heavy (non-hydrogen) atoms. The fourth-order valence-electron chi connectivity index (χ4n) is 1.14. The number of nitrogens with one attached hydrogen (secondary N) is 1. The van der Waals surface area contributed by atoms with E-state index in [-0.39, 0.29) is 12.5 Å². The summed E-state index contributed by atoms with van der Waals surface area (Å²) >= 11 is 3.20. The van der Waals surface area contributed by atoms with Crippen LogP contribution in [0, 0.1) is 11.8 Å². The summed E-state index contributed by atoms with van der Waals surface area (Å²) in [6, 6.07) is 3.84. The molecule has 0 saturated carbocycles. The number of carbonyl (C=O) groups is 1. The number of amides is 1. The van der Waals surface area contributed by atoms with E-state index in [1.165, 1.54) is 11.3 Å². The van der Waals surface area contributed by atoms with Gasteiger partial charge in [-0.3, -0.25) is 4.79 Å². The molecule has 1 heterocycles. The van der Waals surface area contributed by atoms with Crippen LogP contribution in [0.1, 0.15) is 16.2 Å². The highest BCUT2D eigenvalue weighted by atomic mass is 32.2. The van der Waals surface area contributed by atoms with Crippen molar-refractivity contribution in [1.29, 1.82) is 0 Å². The van der Waals surface area contributed by atoms with Gasteiger partial charge in [-0.1, -0.05) is 11.8 Å². The van der Waals surface area contributed by atoms with Gasteiger partial charge in [-0.05, 0) is 18.4 Å². The average Bonchev–Trinajstić information content (AvgIpc) is 2.79. The third-order valence-corrected chi connectivity index (χ3v) is 3.56. The Hall–Kier alpha value is -0.960. The number of thioether (sulfide) groups is 1. The van der Waals surface area contributed by atoms with Gasteiger partial charge >= 0.3 is 0 Å². The predicted molar refractivity (Wildman–Crippen MR) is 73.1 cm³/mol. The molecule has 0 aliphatic rings. The summed E-state index contributed by atoms with van der Waals surface area (Å²) in [5.74, 6) is 6.37. The summed E-state index contributed by atoms with van der Waals surface area (Å²) in [5.41, 5.74) is 0. The van der Waals surface area contributed by atoms with E-state index in [1.807, 2.05) is 18.4 Å². The molecule has 1 aromatic rings. The van der Waals surface area contributed by atoms with Gasteiger partial charge in [0.05, 0.1) is 11.4 Å². The second-order valence-corrected chi connectivity index (χ2v) is 5.40. The number of hydrogen-bond donors (Lipinski definition) is 2. The van der Waals surface area contributed by atoms with E-state index >= 15 is 0 Å². The number of aliphatic hydroxyl groups is 1. The lowest BCUT2D eigenvalue weighted by molar-refractivity contribution is -0.120. The van der Waals surface area contributed by atoms with E-state index in [0.29, 0.717) is 13.0 Å². The third kappa shape index (κ3) is 5.78. The van der Waals surface area contributed by atoms with Crippen LogP contribution in [-0.4, -0.2) is 29.6 Å². The minimum absolute atomic E-state index is 0.0794. The van der Waals surface area contributed by atoms with Crippen molar-refractivity contribution < 1.29 is 9.90 Å². The molecule has 0 aliphatic heterocycles. The summed E-state index contributed by atoms with van der Waals surface area (Å²) < 4.78 is 0. The van der Waals surface area contributed by atoms with Crippen LogP contribution in [0.3, 0.4) is 0 Å². The lowest BCUT2D eigenvalue weighted by Crippen LogP contribution is -2.22. The lowest BCUT2D eigenvalue weighted by atomic mass is 10.4. The molecular formula is C12H15NO2S2. The van der Waals surface area contributed by atoms with Gasteiger partial charge in [-0.2, -0.15) is 11.8 Å². The molecule has 0 fully saturated rings. The zero-order chi connectivity index (χ0) is 12.5. The molecule has 0 aliphatic carbocycles. The van der Waals surface area contributed by atoms with E-state index in [9.17, 15) is 4.79 Å². The van der Waals surface area contributed by atoms with Crippen LogP contribution in [0.25, 0.3) is 0 Å². The van der Waals surface area contributed by atoms with Crippen LogP contribution >= 0.6 is 23.1 Å². The van der Waals surface area contributed by atoms with Crippen LogP contribution in [0.2, 0.25) is 0 Å². The normalized spacial score (nSPS) is 9.53. The Morgan fingerprint density at radius 2 is 2.41 bits per heavy atom. The summed E-state index contributed by atoms with van der Waals surface area (Å²) in [7, 11) is 0. The highest BCUT2D eigenvalue weighted by molar-refractivity contribution is 7.98. The van der Waals surface area contributed by atoms with Crippen LogP contribution in [-0.2, 0) is 11.3 Å². The first-order valence-corrected chi connectivity index (χ1v) is 7.41. The van der Waals surface area contributed by atoms with Crippen LogP contribution in [0.5, 0.6) is 0 Å². The number of carbonyl (C=O) groups excluding carboxylic acids is 1. The zero-order valence-corrected chi connectivity index (χ0v) is 11.3. The van der Waals surface area contributed by atoms with Crippen LogP contribution < -0.4 is 5.32 Å². The lowest BCUT2D eigenvalue weighted by Gasteiger charge is -2.01. The quantitative estimate of drug-likeness (QED) is 0.796. The number of rotatable bonds is 5. The number of aliphatic hydroxyl groups excluding tert-OH is 1. The Balaban J connectivity index is 2.36. The summed E-state index contributed by atoms with van der Waals surface area (Å²) in [5, 5.41) is 11.4. The second-order valence-electron chi connectivity index (χ2n) is 3.25. The Morgan fingerprint density at radius 3 is 3.12 bits per heavy atom. The average molecular weight is 269 g/mol. The maximum Gasteiger partial charge on any atom is 0.221 e. The Bertz CT molecular complexity index is 418. The Kier molecular flexibility index (Phi) is 6.78. The van der Waals surface area contributed by atoms with Gasteiger partial charge in [-0.25, -0.2) is 0 Å². The van der Waals surface area contributed by atoms with E-state index in [2.05, 4.69) is 17.2 Å². The van der Waals surface area contributed by atoms with Gasteiger partial charge in [0, 0.05) is 17.1 Å². The third-order valence-electron chi connectivity index (χ3n) is 1.95. The largest absolute Gasteiger partial charge is 0.384 e. The van der Waals surface area contributed by atoms with Crippen LogP contribution in [0.4, 0.5) is 0 Å². The van der Waals surface area contributed by atoms with Crippen molar-refractivity contribution in [2.45, 2.75) is 13.0 Å². The molecule has 0 bridgehead atoms. The molecule has 0 saturated heterocycles. The van der Waals surface area contributed by atoms with Crippen molar-refractivity contribution in [1.82, 2.24) is 5.32 Å². The van der Waals surface area contributed by atoms with Gasteiger partial charge in [0.15, 0.2) is 0 Å². The smallest absolute Gasteiger partial charge is 0.221 e. The SMILES string of the molecule is CSCCC(=O)NCc1ccc(C#CCO)s1. The fourth-order valence-corrected chi connectivity index (χ4v) is 2.35. The molecule has 1 rings (SSSR count). The summed E-state index contributed by atoms with van der Waals surface area (Å²) in [6.07, 6.45) is 2.54. The Labute approximate surface area is 110 Å². The monoisotopic (exact) mass is 269 g/mol. The van der Waals surface area contributed by atoms with Crippen molar-refractivity contribution in [2.24, 2.45) is 0 Å². The maximum atomic E-state index is 11.4. The first kappa shape index (κ1) is 14.1. The molecule has 0 unspecified atom stereocenters. The highest BCUT2D eigenvalue weighted by Gasteiger charge is 2.02. The molecule has 1 aromatic heterocycles. The number of thiophene rings is 1. The molecule has 2 N–H and O–H groups in total. The zero-order valence-electron chi connectivity index (χ0n) is 9.66. The van der Waals surface area contributed by atoms with Gasteiger partial charge in [0.1, 0.15) is 6.61 Å². The van der Waals surface area contributed by atoms with E-state index in [0.717, 1.165) is 15.5 Å². The van der Waals surface area contributed by atoms with Crippen molar-refractivity contribution in [3.8, 4) is 11.8 Å². The van der Waals surface area contributed by atoms with Crippen LogP contribution in [0.15, 0.2) is 12.1 Å². The summed E-state index contributed by atoms with van der Waals surface area (Å²) in [4.78, 5) is 13.4. The molecule has 5 heteroatoms. The van der Waals surface area contributed by atoms with Gasteiger partial charge < -0.3 is 10.4 Å². The van der Waals surface area contributed by atoms with Gasteiger partial charge in [-0.15, -0.1) is 11.3 Å². The first-order chi connectivity index (χ1) is 8.26.